The van der Waals surface area contributed by atoms with Gasteiger partial charge in [-0.15, -0.1) is 10.2 Å². The molecule has 0 spiro atoms. The van der Waals surface area contributed by atoms with Crippen LogP contribution in [-0.2, 0) is 9.59 Å². The van der Waals surface area contributed by atoms with Gasteiger partial charge in [0.2, 0.25) is 16.9 Å². The molecule has 0 unspecified atom stereocenters. The second-order valence-corrected chi connectivity index (χ2v) is 5.90. The molecule has 1 aromatic heterocycles. The first-order chi connectivity index (χ1) is 9.99. The molecule has 1 aliphatic rings. The Morgan fingerprint density at radius 1 is 1.48 bits per heavy atom. The van der Waals surface area contributed by atoms with E-state index in [-0.39, 0.29) is 13.1 Å². The third kappa shape index (κ3) is 3.97. The van der Waals surface area contributed by atoms with Gasteiger partial charge >= 0.3 is 6.03 Å². The molecule has 0 saturated carbocycles. The molecule has 1 saturated heterocycles. The largest absolute Gasteiger partial charge is 0.325 e. The van der Waals surface area contributed by atoms with Crippen molar-refractivity contribution >= 4 is 34.3 Å². The molecule has 114 valence electrons. The summed E-state index contributed by atoms with van der Waals surface area (Å²) in [5, 5.41) is 14.0. The summed E-state index contributed by atoms with van der Waals surface area (Å²) in [6.45, 7) is 3.89. The third-order valence-corrected chi connectivity index (χ3v) is 4.10. The van der Waals surface area contributed by atoms with Crippen LogP contribution in [-0.4, -0.2) is 46.0 Å². The minimum Gasteiger partial charge on any atom is -0.306 e. The number of rotatable bonds is 6. The van der Waals surface area contributed by atoms with Crippen molar-refractivity contribution in [1.29, 1.82) is 0 Å². The lowest BCUT2D eigenvalue weighted by Gasteiger charge is -2.11. The number of hydrogen-bond donors (Lipinski definition) is 2. The van der Waals surface area contributed by atoms with Crippen LogP contribution in [0.25, 0.3) is 0 Å². The summed E-state index contributed by atoms with van der Waals surface area (Å²) in [4.78, 5) is 35.3. The van der Waals surface area contributed by atoms with Crippen molar-refractivity contribution in [3.05, 3.63) is 5.01 Å². The first-order valence-electron chi connectivity index (χ1n) is 6.71. The highest BCUT2D eigenvalue weighted by atomic mass is 32.1. The Kier molecular flexibility index (Phi) is 4.84. The van der Waals surface area contributed by atoms with E-state index in [4.69, 9.17) is 0 Å². The second-order valence-electron chi connectivity index (χ2n) is 4.89. The number of carbonyl (C=O) groups is 3. The van der Waals surface area contributed by atoms with Gasteiger partial charge in [-0.05, 0) is 6.42 Å². The zero-order chi connectivity index (χ0) is 15.4. The van der Waals surface area contributed by atoms with Crippen LogP contribution in [0.5, 0.6) is 0 Å². The zero-order valence-corrected chi connectivity index (χ0v) is 12.7. The number of aromatic nitrogens is 2. The maximum atomic E-state index is 11.8. The van der Waals surface area contributed by atoms with Crippen molar-refractivity contribution in [3.63, 3.8) is 0 Å². The van der Waals surface area contributed by atoms with Crippen molar-refractivity contribution in [2.24, 2.45) is 0 Å². The third-order valence-electron chi connectivity index (χ3n) is 3.03. The van der Waals surface area contributed by atoms with Crippen LogP contribution < -0.4 is 10.6 Å². The lowest BCUT2D eigenvalue weighted by molar-refractivity contribution is -0.119. The molecular formula is C12H17N5O3S. The molecule has 2 rings (SSSR count). The summed E-state index contributed by atoms with van der Waals surface area (Å²) in [7, 11) is 0. The zero-order valence-electron chi connectivity index (χ0n) is 11.9. The van der Waals surface area contributed by atoms with Gasteiger partial charge in [0.25, 0.3) is 0 Å². The quantitative estimate of drug-likeness (QED) is 0.761. The van der Waals surface area contributed by atoms with Crippen LogP contribution in [0.4, 0.5) is 9.93 Å². The van der Waals surface area contributed by atoms with Gasteiger partial charge in [0.1, 0.15) is 18.1 Å². The fraction of sp³-hybridized carbons (Fsp3) is 0.583. The van der Waals surface area contributed by atoms with Gasteiger partial charge in [-0.3, -0.25) is 20.2 Å². The van der Waals surface area contributed by atoms with Gasteiger partial charge in [0, 0.05) is 5.92 Å². The molecule has 0 bridgehead atoms. The Bertz CT molecular complexity index is 559. The summed E-state index contributed by atoms with van der Waals surface area (Å²) in [6.07, 6.45) is 2.07. The molecule has 0 aromatic carbocycles. The summed E-state index contributed by atoms with van der Waals surface area (Å²) in [6, 6.07) is -0.551. The molecular weight excluding hydrogens is 294 g/mol. The molecule has 2 heterocycles. The van der Waals surface area contributed by atoms with E-state index < -0.39 is 17.8 Å². The van der Waals surface area contributed by atoms with Crippen molar-refractivity contribution in [2.75, 3.05) is 18.4 Å². The second kappa shape index (κ2) is 6.61. The Labute approximate surface area is 125 Å². The lowest BCUT2D eigenvalue weighted by Crippen LogP contribution is -2.35. The highest BCUT2D eigenvalue weighted by Crippen LogP contribution is 2.26. The Morgan fingerprint density at radius 3 is 2.86 bits per heavy atom. The number of urea groups is 1. The normalized spacial score (nSPS) is 16.0. The molecule has 0 aliphatic carbocycles. The minimum atomic E-state index is -0.551. The van der Waals surface area contributed by atoms with E-state index in [9.17, 15) is 14.4 Å². The van der Waals surface area contributed by atoms with Crippen molar-refractivity contribution in [3.8, 4) is 0 Å². The molecule has 1 atom stereocenters. The SMILES string of the molecule is CCC[C@H](C)c1nnc(NC(=O)CN2CC(=O)NC2=O)s1. The number of nitrogens with one attached hydrogen (secondary N) is 2. The molecule has 1 fully saturated rings. The van der Waals surface area contributed by atoms with Crippen LogP contribution in [0.2, 0.25) is 0 Å². The molecule has 1 aromatic rings. The van der Waals surface area contributed by atoms with E-state index >= 15 is 0 Å². The fourth-order valence-corrected chi connectivity index (χ4v) is 2.83. The maximum Gasteiger partial charge on any atom is 0.325 e. The van der Waals surface area contributed by atoms with Gasteiger partial charge in [0.15, 0.2) is 0 Å². The summed E-state index contributed by atoms with van der Waals surface area (Å²) in [5.41, 5.74) is 0. The van der Waals surface area contributed by atoms with Gasteiger partial charge in [-0.2, -0.15) is 0 Å². The smallest absolute Gasteiger partial charge is 0.306 e. The predicted molar refractivity (Wildman–Crippen MR) is 77.0 cm³/mol. The Hall–Kier alpha value is -2.03. The molecule has 21 heavy (non-hydrogen) atoms. The molecule has 1 aliphatic heterocycles. The lowest BCUT2D eigenvalue weighted by atomic mass is 10.1. The summed E-state index contributed by atoms with van der Waals surface area (Å²) >= 11 is 1.33. The van der Waals surface area contributed by atoms with E-state index in [1.165, 1.54) is 11.3 Å². The number of imide groups is 1. The van der Waals surface area contributed by atoms with Crippen LogP contribution in [0.3, 0.4) is 0 Å². The minimum absolute atomic E-state index is 0.0961. The van der Waals surface area contributed by atoms with Crippen LogP contribution in [0.1, 0.15) is 37.6 Å². The van der Waals surface area contributed by atoms with E-state index in [1.807, 2.05) is 0 Å². The van der Waals surface area contributed by atoms with Gasteiger partial charge in [0.05, 0.1) is 0 Å². The number of carbonyl (C=O) groups excluding carboxylic acids is 3. The monoisotopic (exact) mass is 311 g/mol. The standard InChI is InChI=1S/C12H17N5O3S/c1-3-4-7(2)10-15-16-11(21-10)13-8(18)5-17-6-9(19)14-12(17)20/h7H,3-6H2,1-2H3,(H,13,16,18)(H,14,19,20)/t7-/m0/s1. The number of anilines is 1. The predicted octanol–water partition coefficient (Wildman–Crippen LogP) is 0.932. The van der Waals surface area contributed by atoms with E-state index in [0.29, 0.717) is 11.0 Å². The number of amides is 4. The number of nitrogens with zero attached hydrogens (tertiary/aromatic N) is 3. The summed E-state index contributed by atoms with van der Waals surface area (Å²) in [5.74, 6) is -0.495. The Balaban J connectivity index is 1.88. The van der Waals surface area contributed by atoms with Gasteiger partial charge in [-0.25, -0.2) is 4.79 Å². The summed E-state index contributed by atoms with van der Waals surface area (Å²) < 4.78 is 0. The van der Waals surface area contributed by atoms with Crippen LogP contribution in [0.15, 0.2) is 0 Å². The average Bonchev–Trinajstić information content (AvgIpc) is 2.97. The highest BCUT2D eigenvalue weighted by molar-refractivity contribution is 7.15. The molecule has 0 radical (unpaired) electrons. The van der Waals surface area contributed by atoms with Crippen molar-refractivity contribution < 1.29 is 14.4 Å². The topological polar surface area (TPSA) is 104 Å². The van der Waals surface area contributed by atoms with E-state index in [2.05, 4.69) is 34.7 Å². The fourth-order valence-electron chi connectivity index (χ4n) is 1.98. The van der Waals surface area contributed by atoms with E-state index in [0.717, 1.165) is 22.7 Å². The average molecular weight is 311 g/mol. The Morgan fingerprint density at radius 2 is 2.24 bits per heavy atom. The van der Waals surface area contributed by atoms with Crippen LogP contribution >= 0.6 is 11.3 Å². The van der Waals surface area contributed by atoms with Gasteiger partial charge < -0.3 is 4.90 Å². The maximum absolute atomic E-state index is 11.8. The molecule has 9 heteroatoms. The molecule has 8 nitrogen and oxygen atoms in total. The van der Waals surface area contributed by atoms with E-state index in [1.54, 1.807) is 0 Å². The highest BCUT2D eigenvalue weighted by Gasteiger charge is 2.28. The van der Waals surface area contributed by atoms with Crippen molar-refractivity contribution in [2.45, 2.75) is 32.6 Å². The molecule has 4 amide bonds. The van der Waals surface area contributed by atoms with Crippen molar-refractivity contribution in [1.82, 2.24) is 20.4 Å². The van der Waals surface area contributed by atoms with Crippen LogP contribution in [0, 0.1) is 0 Å². The first-order valence-corrected chi connectivity index (χ1v) is 7.53. The number of hydrogen-bond acceptors (Lipinski definition) is 6. The van der Waals surface area contributed by atoms with Gasteiger partial charge in [-0.1, -0.05) is 31.6 Å². The first kappa shape index (κ1) is 15.4. The molecule has 2 N–H and O–H groups in total.